The Balaban J connectivity index is 2.05. The molecule has 0 aromatic carbocycles. The maximum atomic E-state index is 10.1. The number of piperidine rings is 1. The lowest BCUT2D eigenvalue weighted by Crippen LogP contribution is -2.44. The summed E-state index contributed by atoms with van der Waals surface area (Å²) in [7, 11) is 0. The maximum absolute atomic E-state index is 10.1. The van der Waals surface area contributed by atoms with Crippen molar-refractivity contribution in [3.05, 3.63) is 48.6 Å². The predicted octanol–water partition coefficient (Wildman–Crippen LogP) is 12.5. The van der Waals surface area contributed by atoms with E-state index < -0.39 is 0 Å². The topological polar surface area (TPSA) is 41.9 Å². The van der Waals surface area contributed by atoms with E-state index in [1.54, 1.807) is 0 Å². The van der Waals surface area contributed by atoms with Crippen molar-refractivity contribution in [2.45, 2.75) is 193 Å². The molecule has 0 aromatic heterocycles. The second kappa shape index (κ2) is 37.1. The van der Waals surface area contributed by atoms with Crippen LogP contribution in [0.4, 0.5) is 0 Å². The predicted molar refractivity (Wildman–Crippen MR) is 211 cm³/mol. The number of hydrogen-bond acceptors (Lipinski definition) is 4. The van der Waals surface area contributed by atoms with Crippen molar-refractivity contribution < 1.29 is 14.6 Å². The minimum atomic E-state index is -0.189. The Bertz CT molecular complexity index is 760. The molecule has 4 heteroatoms. The van der Waals surface area contributed by atoms with Gasteiger partial charge in [0.15, 0.2) is 0 Å². The van der Waals surface area contributed by atoms with Crippen molar-refractivity contribution in [3.63, 3.8) is 0 Å². The minimum Gasteiger partial charge on any atom is -0.392 e. The minimum absolute atomic E-state index is 0.109. The Morgan fingerprint density at radius 2 is 1.04 bits per heavy atom. The maximum Gasteiger partial charge on any atom is 0.0934 e. The first-order valence-electron chi connectivity index (χ1n) is 21.0. The highest BCUT2D eigenvalue weighted by Gasteiger charge is 2.21. The Kier molecular flexibility index (Phi) is 34.6. The van der Waals surface area contributed by atoms with E-state index in [9.17, 15) is 5.11 Å². The van der Waals surface area contributed by atoms with E-state index in [-0.39, 0.29) is 12.2 Å². The molecule has 0 radical (unpaired) electrons. The number of hydrogen-bond donors (Lipinski definition) is 1. The fourth-order valence-electron chi connectivity index (χ4n) is 6.39. The summed E-state index contributed by atoms with van der Waals surface area (Å²) in [5, 5.41) is 10.1. The van der Waals surface area contributed by atoms with Gasteiger partial charge in [0.25, 0.3) is 0 Å². The van der Waals surface area contributed by atoms with Crippen LogP contribution in [0.5, 0.6) is 0 Å². The number of unbranched alkanes of at least 4 members (excludes halogenated alkanes) is 18. The molecule has 0 bridgehead atoms. The molecule has 1 saturated heterocycles. The van der Waals surface area contributed by atoms with Crippen molar-refractivity contribution in [1.82, 2.24) is 4.90 Å². The van der Waals surface area contributed by atoms with Crippen LogP contribution in [0.15, 0.2) is 48.6 Å². The fraction of sp³-hybridized carbons (Fsp3) is 0.818. The molecular formula is C44H81NO3. The molecule has 0 amide bonds. The molecule has 1 heterocycles. The average Bonchev–Trinajstić information content (AvgIpc) is 3.09. The van der Waals surface area contributed by atoms with E-state index in [1.165, 1.54) is 128 Å². The first-order chi connectivity index (χ1) is 23.8. The van der Waals surface area contributed by atoms with Crippen LogP contribution < -0.4 is 0 Å². The van der Waals surface area contributed by atoms with Crippen molar-refractivity contribution >= 4 is 0 Å². The van der Waals surface area contributed by atoms with Gasteiger partial charge < -0.3 is 14.6 Å². The van der Waals surface area contributed by atoms with Gasteiger partial charge in [0.1, 0.15) is 0 Å². The number of β-amino-alcohol motifs (C(OH)–C–C–N with tert-alkyl or cyclic N) is 1. The first kappa shape index (κ1) is 44.8. The molecule has 1 aliphatic rings. The van der Waals surface area contributed by atoms with Gasteiger partial charge in [-0.2, -0.15) is 0 Å². The highest BCUT2D eigenvalue weighted by molar-refractivity contribution is 4.93. The number of nitrogens with zero attached hydrogens (tertiary/aromatic N) is 1. The molecule has 0 aromatic rings. The first-order valence-corrected chi connectivity index (χ1v) is 21.0. The normalized spacial score (nSPS) is 16.9. The quantitative estimate of drug-likeness (QED) is 0.0538. The van der Waals surface area contributed by atoms with Crippen LogP contribution >= 0.6 is 0 Å². The lowest BCUT2D eigenvalue weighted by molar-refractivity contribution is -0.0444. The highest BCUT2D eigenvalue weighted by Crippen LogP contribution is 2.14. The summed E-state index contributed by atoms with van der Waals surface area (Å²) in [6.45, 7) is 9.58. The molecule has 1 aliphatic heterocycles. The van der Waals surface area contributed by atoms with Gasteiger partial charge in [-0.25, -0.2) is 0 Å². The second-order valence-electron chi connectivity index (χ2n) is 14.3. The van der Waals surface area contributed by atoms with E-state index in [0.29, 0.717) is 6.61 Å². The monoisotopic (exact) mass is 672 g/mol. The van der Waals surface area contributed by atoms with Crippen LogP contribution in [0.2, 0.25) is 0 Å². The summed E-state index contributed by atoms with van der Waals surface area (Å²) in [5.41, 5.74) is 0. The molecular weight excluding hydrogens is 590 g/mol. The van der Waals surface area contributed by atoms with E-state index in [4.69, 9.17) is 9.47 Å². The van der Waals surface area contributed by atoms with Crippen LogP contribution in [-0.4, -0.2) is 61.7 Å². The van der Waals surface area contributed by atoms with Crippen molar-refractivity contribution in [2.24, 2.45) is 0 Å². The van der Waals surface area contributed by atoms with Gasteiger partial charge >= 0.3 is 0 Å². The number of allylic oxidation sites excluding steroid dienone is 8. The van der Waals surface area contributed by atoms with Gasteiger partial charge in [0.05, 0.1) is 18.8 Å². The van der Waals surface area contributed by atoms with Crippen LogP contribution in [0.1, 0.15) is 181 Å². The Morgan fingerprint density at radius 3 is 1.54 bits per heavy atom. The largest absolute Gasteiger partial charge is 0.392 e. The fourth-order valence-corrected chi connectivity index (χ4v) is 6.39. The Hall–Kier alpha value is -1.20. The third-order valence-electron chi connectivity index (χ3n) is 9.43. The second-order valence-corrected chi connectivity index (χ2v) is 14.3. The summed E-state index contributed by atoms with van der Waals surface area (Å²) in [6, 6.07) is 0. The van der Waals surface area contributed by atoms with Gasteiger partial charge in [-0.3, -0.25) is 4.90 Å². The van der Waals surface area contributed by atoms with Gasteiger partial charge in [0.2, 0.25) is 0 Å². The van der Waals surface area contributed by atoms with Crippen molar-refractivity contribution in [3.8, 4) is 0 Å². The van der Waals surface area contributed by atoms with E-state index in [1.807, 2.05) is 0 Å². The van der Waals surface area contributed by atoms with Gasteiger partial charge in [-0.05, 0) is 96.4 Å². The number of likely N-dealkylation sites (tertiary alicyclic amines) is 1. The van der Waals surface area contributed by atoms with Crippen LogP contribution in [0.3, 0.4) is 0 Å². The van der Waals surface area contributed by atoms with Crippen LogP contribution in [0.25, 0.3) is 0 Å². The summed E-state index contributed by atoms with van der Waals surface area (Å²) < 4.78 is 12.5. The van der Waals surface area contributed by atoms with E-state index >= 15 is 0 Å². The van der Waals surface area contributed by atoms with Gasteiger partial charge in [-0.15, -0.1) is 0 Å². The standard InChI is InChI=1S/C44H81NO3/c1-3-5-7-9-11-13-15-17-19-21-23-25-27-29-31-33-38-47-42-44(41-45-37-35-36-43(46)40-45)48-39-34-32-30-28-26-24-22-20-18-16-14-12-10-8-6-4-2/h11-14,17-20,43-44,46H,3-10,15-16,21-42H2,1-2H3/b13-11-,14-12-,19-17-,20-18-. The molecule has 48 heavy (non-hydrogen) atoms. The number of ether oxygens (including phenoxy) is 2. The smallest absolute Gasteiger partial charge is 0.0934 e. The lowest BCUT2D eigenvalue weighted by Gasteiger charge is -2.32. The van der Waals surface area contributed by atoms with Crippen molar-refractivity contribution in [1.29, 1.82) is 0 Å². The Labute approximate surface area is 299 Å². The average molecular weight is 672 g/mol. The van der Waals surface area contributed by atoms with E-state index in [0.717, 1.165) is 71.4 Å². The molecule has 4 nitrogen and oxygen atoms in total. The molecule has 2 atom stereocenters. The third-order valence-corrected chi connectivity index (χ3v) is 9.43. The summed E-state index contributed by atoms with van der Waals surface area (Å²) in [5.74, 6) is 0. The molecule has 0 spiro atoms. The van der Waals surface area contributed by atoms with Crippen molar-refractivity contribution in [2.75, 3.05) is 39.5 Å². The molecule has 0 saturated carbocycles. The number of aliphatic hydroxyl groups is 1. The number of aliphatic hydroxyl groups excluding tert-OH is 1. The summed E-state index contributed by atoms with van der Waals surface area (Å²) >= 11 is 0. The van der Waals surface area contributed by atoms with E-state index in [2.05, 4.69) is 67.4 Å². The molecule has 0 aliphatic carbocycles. The zero-order valence-corrected chi connectivity index (χ0v) is 32.1. The zero-order chi connectivity index (χ0) is 34.4. The summed E-state index contributed by atoms with van der Waals surface area (Å²) in [6.07, 6.45) is 51.1. The third kappa shape index (κ3) is 32.0. The molecule has 1 rings (SSSR count). The number of rotatable bonds is 35. The van der Waals surface area contributed by atoms with Crippen LogP contribution in [-0.2, 0) is 9.47 Å². The van der Waals surface area contributed by atoms with Crippen LogP contribution in [0, 0.1) is 0 Å². The highest BCUT2D eigenvalue weighted by atomic mass is 16.5. The Morgan fingerprint density at radius 1 is 0.583 bits per heavy atom. The zero-order valence-electron chi connectivity index (χ0n) is 32.1. The molecule has 1 N–H and O–H groups in total. The summed E-state index contributed by atoms with van der Waals surface area (Å²) in [4.78, 5) is 2.38. The lowest BCUT2D eigenvalue weighted by atomic mass is 10.1. The van der Waals surface area contributed by atoms with Gasteiger partial charge in [-0.1, -0.05) is 140 Å². The molecule has 280 valence electrons. The SMILES string of the molecule is CCCCC/C=C\C/C=C\CCCCCCCCOCC(CN1CCCC(O)C1)OCCCCCCCC/C=C\C/C=C\CCCCC. The molecule has 1 fully saturated rings. The van der Waals surface area contributed by atoms with Gasteiger partial charge in [0, 0.05) is 26.3 Å². The molecule has 2 unspecified atom stereocenters.